The molecule has 0 saturated carbocycles. The van der Waals surface area contributed by atoms with E-state index in [-0.39, 0.29) is 18.9 Å². The molecule has 0 atom stereocenters. The highest BCUT2D eigenvalue weighted by Crippen LogP contribution is 1.88. The van der Waals surface area contributed by atoms with E-state index in [9.17, 15) is 8.42 Å². The van der Waals surface area contributed by atoms with Gasteiger partial charge in [-0.15, -0.1) is 0 Å². The summed E-state index contributed by atoms with van der Waals surface area (Å²) in [5.74, 6) is -0.0126. The van der Waals surface area contributed by atoms with Crippen molar-refractivity contribution in [3.8, 4) is 0 Å². The number of rotatable bonds is 10. The first-order chi connectivity index (χ1) is 7.48. The average molecular weight is 251 g/mol. The van der Waals surface area contributed by atoms with Crippen LogP contribution in [0.2, 0.25) is 0 Å². The monoisotopic (exact) mass is 251 g/mol. The Labute approximate surface area is 97.9 Å². The van der Waals surface area contributed by atoms with Crippen molar-refractivity contribution in [3.05, 3.63) is 12.2 Å². The van der Waals surface area contributed by atoms with Crippen LogP contribution in [0.25, 0.3) is 0 Å². The summed E-state index contributed by atoms with van der Waals surface area (Å²) in [5.41, 5.74) is 0.916. The maximum absolute atomic E-state index is 11.3. The first kappa shape index (κ1) is 15.6. The Balaban J connectivity index is 3.54. The molecule has 5 nitrogen and oxygen atoms in total. The minimum Gasteiger partial charge on any atom is -0.381 e. The second-order valence-corrected chi connectivity index (χ2v) is 5.35. The van der Waals surface area contributed by atoms with Crippen molar-refractivity contribution in [1.29, 1.82) is 0 Å². The van der Waals surface area contributed by atoms with Gasteiger partial charge in [0.15, 0.2) is 0 Å². The molecule has 1 N–H and O–H groups in total. The van der Waals surface area contributed by atoms with Crippen molar-refractivity contribution in [3.63, 3.8) is 0 Å². The van der Waals surface area contributed by atoms with Gasteiger partial charge in [0.2, 0.25) is 10.0 Å². The lowest BCUT2D eigenvalue weighted by Gasteiger charge is -2.07. The Bertz CT molecular complexity index is 287. The SMILES string of the molecule is C=C(C)COCCNS(=O)(=O)CCOCC. The highest BCUT2D eigenvalue weighted by Gasteiger charge is 2.08. The standard InChI is InChI=1S/C10H21NO4S/c1-4-14-7-8-16(12,13)11-5-6-15-9-10(2)3/h11H,2,4-9H2,1,3H3. The lowest BCUT2D eigenvalue weighted by molar-refractivity contribution is 0.159. The van der Waals surface area contributed by atoms with Gasteiger partial charge in [-0.25, -0.2) is 13.1 Å². The van der Waals surface area contributed by atoms with E-state index in [1.54, 1.807) is 0 Å². The molecule has 0 saturated heterocycles. The summed E-state index contributed by atoms with van der Waals surface area (Å²) in [5, 5.41) is 0. The van der Waals surface area contributed by atoms with Crippen LogP contribution in [-0.4, -0.2) is 47.1 Å². The Morgan fingerprint density at radius 2 is 2.00 bits per heavy atom. The highest BCUT2D eigenvalue weighted by molar-refractivity contribution is 7.89. The fraction of sp³-hybridized carbons (Fsp3) is 0.800. The van der Waals surface area contributed by atoms with Gasteiger partial charge in [-0.3, -0.25) is 0 Å². The molecule has 0 aliphatic heterocycles. The van der Waals surface area contributed by atoms with Crippen LogP contribution < -0.4 is 4.72 Å². The Morgan fingerprint density at radius 1 is 1.31 bits per heavy atom. The Hall–Kier alpha value is -0.430. The zero-order chi connectivity index (χ0) is 12.4. The van der Waals surface area contributed by atoms with E-state index in [2.05, 4.69) is 11.3 Å². The molecule has 0 bridgehead atoms. The fourth-order valence-electron chi connectivity index (χ4n) is 0.901. The second kappa shape index (κ2) is 8.69. The van der Waals surface area contributed by atoms with Crippen LogP contribution in [0, 0.1) is 0 Å². The van der Waals surface area contributed by atoms with Crippen molar-refractivity contribution in [2.24, 2.45) is 0 Å². The van der Waals surface area contributed by atoms with Gasteiger partial charge in [0.25, 0.3) is 0 Å². The van der Waals surface area contributed by atoms with Gasteiger partial charge >= 0.3 is 0 Å². The largest absolute Gasteiger partial charge is 0.381 e. The molecule has 96 valence electrons. The third-order valence-electron chi connectivity index (χ3n) is 1.62. The number of hydrogen-bond acceptors (Lipinski definition) is 4. The molecule has 0 amide bonds. The van der Waals surface area contributed by atoms with Gasteiger partial charge in [0, 0.05) is 13.2 Å². The van der Waals surface area contributed by atoms with Crippen LogP contribution >= 0.6 is 0 Å². The Kier molecular flexibility index (Phi) is 8.46. The lowest BCUT2D eigenvalue weighted by Crippen LogP contribution is -2.31. The summed E-state index contributed by atoms with van der Waals surface area (Å²) in [7, 11) is -3.23. The summed E-state index contributed by atoms with van der Waals surface area (Å²) in [4.78, 5) is 0. The van der Waals surface area contributed by atoms with Crippen LogP contribution in [0.1, 0.15) is 13.8 Å². The van der Waals surface area contributed by atoms with E-state index in [0.717, 1.165) is 5.57 Å². The molecule has 0 heterocycles. The van der Waals surface area contributed by atoms with Gasteiger partial charge in [-0.2, -0.15) is 0 Å². The van der Waals surface area contributed by atoms with E-state index in [4.69, 9.17) is 9.47 Å². The highest BCUT2D eigenvalue weighted by atomic mass is 32.2. The summed E-state index contributed by atoms with van der Waals surface area (Å²) in [6, 6.07) is 0. The summed E-state index contributed by atoms with van der Waals surface area (Å²) in [6.07, 6.45) is 0. The molecule has 6 heteroatoms. The summed E-state index contributed by atoms with van der Waals surface area (Å²) < 4.78 is 35.2. The Morgan fingerprint density at radius 3 is 2.56 bits per heavy atom. The van der Waals surface area contributed by atoms with Crippen molar-refractivity contribution < 1.29 is 17.9 Å². The van der Waals surface area contributed by atoms with Gasteiger partial charge in [-0.05, 0) is 13.8 Å². The third kappa shape index (κ3) is 10.1. The normalized spacial score (nSPS) is 11.6. The predicted molar refractivity (Wildman–Crippen MR) is 63.9 cm³/mol. The van der Waals surface area contributed by atoms with E-state index in [0.29, 0.717) is 19.8 Å². The third-order valence-corrected chi connectivity index (χ3v) is 2.97. The molecule has 0 spiro atoms. The van der Waals surface area contributed by atoms with Gasteiger partial charge in [0.1, 0.15) is 0 Å². The molecule has 0 aliphatic carbocycles. The summed E-state index contributed by atoms with van der Waals surface area (Å²) in [6.45, 7) is 9.18. The van der Waals surface area contributed by atoms with Gasteiger partial charge in [0.05, 0.1) is 25.6 Å². The zero-order valence-corrected chi connectivity index (χ0v) is 10.8. The molecule has 0 aromatic heterocycles. The first-order valence-electron chi connectivity index (χ1n) is 5.25. The van der Waals surface area contributed by atoms with Crippen LogP contribution in [0.4, 0.5) is 0 Å². The zero-order valence-electron chi connectivity index (χ0n) is 9.99. The smallest absolute Gasteiger partial charge is 0.213 e. The van der Waals surface area contributed by atoms with E-state index < -0.39 is 10.0 Å². The molecule has 0 radical (unpaired) electrons. The topological polar surface area (TPSA) is 64.6 Å². The predicted octanol–water partition coefficient (Wildman–Crippen LogP) is 0.535. The van der Waals surface area contributed by atoms with Crippen molar-refractivity contribution in [1.82, 2.24) is 4.72 Å². The van der Waals surface area contributed by atoms with Crippen molar-refractivity contribution in [2.45, 2.75) is 13.8 Å². The van der Waals surface area contributed by atoms with E-state index >= 15 is 0 Å². The van der Waals surface area contributed by atoms with E-state index in [1.807, 2.05) is 13.8 Å². The molecule has 0 aliphatic rings. The van der Waals surface area contributed by atoms with E-state index in [1.165, 1.54) is 0 Å². The van der Waals surface area contributed by atoms with Gasteiger partial charge < -0.3 is 9.47 Å². The molecule has 0 unspecified atom stereocenters. The maximum Gasteiger partial charge on any atom is 0.213 e. The number of nitrogens with one attached hydrogen (secondary N) is 1. The maximum atomic E-state index is 11.3. The van der Waals surface area contributed by atoms with Crippen molar-refractivity contribution in [2.75, 3.05) is 38.7 Å². The molecule has 0 aromatic rings. The van der Waals surface area contributed by atoms with Crippen molar-refractivity contribution >= 4 is 10.0 Å². The fourth-order valence-corrected chi connectivity index (χ4v) is 1.78. The number of ether oxygens (including phenoxy) is 2. The molecule has 0 rings (SSSR count). The second-order valence-electron chi connectivity index (χ2n) is 3.42. The lowest BCUT2D eigenvalue weighted by atomic mass is 10.4. The minimum atomic E-state index is -3.23. The molecule has 0 fully saturated rings. The molecule has 16 heavy (non-hydrogen) atoms. The van der Waals surface area contributed by atoms with Crippen LogP contribution in [0.15, 0.2) is 12.2 Å². The number of hydrogen-bond donors (Lipinski definition) is 1. The average Bonchev–Trinajstić information content (AvgIpc) is 2.16. The van der Waals surface area contributed by atoms with Crippen LogP contribution in [-0.2, 0) is 19.5 Å². The van der Waals surface area contributed by atoms with Crippen LogP contribution in [0.3, 0.4) is 0 Å². The first-order valence-corrected chi connectivity index (χ1v) is 6.90. The van der Waals surface area contributed by atoms with Crippen LogP contribution in [0.5, 0.6) is 0 Å². The molecular weight excluding hydrogens is 230 g/mol. The summed E-state index contributed by atoms with van der Waals surface area (Å²) >= 11 is 0. The molecular formula is C10H21NO4S. The quantitative estimate of drug-likeness (QED) is 0.454. The minimum absolute atomic E-state index is 0.0126. The van der Waals surface area contributed by atoms with Gasteiger partial charge in [-0.1, -0.05) is 12.2 Å². The molecule has 0 aromatic carbocycles. The number of sulfonamides is 1.